The Labute approximate surface area is 166 Å². The van der Waals surface area contributed by atoms with Crippen LogP contribution in [0.2, 0.25) is 5.02 Å². The number of rotatable bonds is 2. The number of nitrogens with two attached hydrogens (primary N) is 2. The molecule has 0 spiro atoms. The maximum Gasteiger partial charge on any atom is 0.181 e. The monoisotopic (exact) mass is 418 g/mol. The fraction of sp³-hybridized carbons (Fsp3) is 0.167. The van der Waals surface area contributed by atoms with Crippen molar-refractivity contribution in [2.45, 2.75) is 6.04 Å². The molecular weight excluding hydrogens is 406 g/mol. The lowest BCUT2D eigenvalue weighted by Crippen LogP contribution is -2.56. The van der Waals surface area contributed by atoms with Crippen molar-refractivity contribution in [2.24, 2.45) is 5.73 Å². The third-order valence-corrected chi connectivity index (χ3v) is 5.98. The van der Waals surface area contributed by atoms with Crippen molar-refractivity contribution in [1.29, 1.82) is 0 Å². The molecule has 1 saturated heterocycles. The Morgan fingerprint density at radius 3 is 2.71 bits per heavy atom. The molecule has 1 fully saturated rings. The number of benzene rings is 2. The van der Waals surface area contributed by atoms with E-state index in [0.29, 0.717) is 29.9 Å². The average Bonchev–Trinajstić information content (AvgIpc) is 3.03. The van der Waals surface area contributed by atoms with Gasteiger partial charge in [-0.05, 0) is 18.2 Å². The van der Waals surface area contributed by atoms with E-state index in [1.165, 1.54) is 18.5 Å². The van der Waals surface area contributed by atoms with Crippen LogP contribution in [-0.2, 0) is 0 Å². The van der Waals surface area contributed by atoms with Gasteiger partial charge in [0.25, 0.3) is 0 Å². The largest absolute Gasteiger partial charge is 0.375 e. The molecule has 1 aliphatic heterocycles. The second-order valence-corrected chi connectivity index (χ2v) is 8.07. The maximum absolute atomic E-state index is 15.5. The van der Waals surface area contributed by atoms with E-state index >= 15 is 4.39 Å². The van der Waals surface area contributed by atoms with E-state index in [0.717, 1.165) is 11.3 Å². The van der Waals surface area contributed by atoms with Crippen LogP contribution in [0.4, 0.5) is 19.7 Å². The highest BCUT2D eigenvalue weighted by molar-refractivity contribution is 7.22. The summed E-state index contributed by atoms with van der Waals surface area (Å²) in [4.78, 5) is 14.5. The lowest BCUT2D eigenvalue weighted by Gasteiger charge is -2.38. The minimum absolute atomic E-state index is 0.0623. The summed E-state index contributed by atoms with van der Waals surface area (Å²) in [6, 6.07) is 4.39. The predicted octanol–water partition coefficient (Wildman–Crippen LogP) is 3.57. The zero-order chi connectivity index (χ0) is 19.6. The first-order valence-electron chi connectivity index (χ1n) is 8.42. The number of halogens is 3. The zero-order valence-corrected chi connectivity index (χ0v) is 15.9. The van der Waals surface area contributed by atoms with E-state index in [-0.39, 0.29) is 37.5 Å². The summed E-state index contributed by atoms with van der Waals surface area (Å²) in [5, 5.41) is 0.847. The van der Waals surface area contributed by atoms with Crippen LogP contribution in [0.5, 0.6) is 0 Å². The van der Waals surface area contributed by atoms with Crippen LogP contribution in [0.3, 0.4) is 0 Å². The van der Waals surface area contributed by atoms with Crippen LogP contribution in [0, 0.1) is 11.6 Å². The third kappa shape index (κ3) is 2.50. The van der Waals surface area contributed by atoms with Gasteiger partial charge in [-0.15, -0.1) is 0 Å². The molecule has 0 amide bonds. The predicted molar refractivity (Wildman–Crippen MR) is 108 cm³/mol. The molecule has 0 unspecified atom stereocenters. The standard InChI is InChI=1S/C18H13ClF2N6S/c19-10-3-9-14(24-6-25-17(9)27-4-7(22)5-27)13(21)12(10)8-1-2-11(20)16-15(8)26-18(23)28-16/h1-3,6-7H,4-5,22H2,(H2,23,26). The molecule has 2 aromatic heterocycles. The molecule has 0 aliphatic carbocycles. The van der Waals surface area contributed by atoms with Gasteiger partial charge in [0.1, 0.15) is 23.5 Å². The Morgan fingerprint density at radius 2 is 1.96 bits per heavy atom. The Balaban J connectivity index is 1.77. The molecule has 2 aromatic carbocycles. The molecule has 0 radical (unpaired) electrons. The van der Waals surface area contributed by atoms with E-state index < -0.39 is 11.6 Å². The first-order valence-corrected chi connectivity index (χ1v) is 9.61. The van der Waals surface area contributed by atoms with Crippen molar-refractivity contribution in [1.82, 2.24) is 15.0 Å². The lowest BCUT2D eigenvalue weighted by atomic mass is 10.0. The minimum Gasteiger partial charge on any atom is -0.375 e. The van der Waals surface area contributed by atoms with Crippen LogP contribution in [0.15, 0.2) is 24.5 Å². The quantitative estimate of drug-likeness (QED) is 0.517. The third-order valence-electron chi connectivity index (χ3n) is 4.79. The fourth-order valence-electron chi connectivity index (χ4n) is 3.49. The summed E-state index contributed by atoms with van der Waals surface area (Å²) in [5.74, 6) is -0.499. The summed E-state index contributed by atoms with van der Waals surface area (Å²) >= 11 is 7.47. The molecule has 4 aromatic rings. The van der Waals surface area contributed by atoms with Gasteiger partial charge in [0.2, 0.25) is 0 Å². The van der Waals surface area contributed by atoms with Crippen molar-refractivity contribution in [3.05, 3.63) is 41.2 Å². The molecule has 10 heteroatoms. The number of hydrogen-bond donors (Lipinski definition) is 2. The van der Waals surface area contributed by atoms with Crippen molar-refractivity contribution in [3.63, 3.8) is 0 Å². The number of fused-ring (bicyclic) bond motifs is 2. The summed E-state index contributed by atoms with van der Waals surface area (Å²) in [7, 11) is 0. The van der Waals surface area contributed by atoms with Gasteiger partial charge >= 0.3 is 0 Å². The van der Waals surface area contributed by atoms with E-state index in [1.54, 1.807) is 6.07 Å². The van der Waals surface area contributed by atoms with Gasteiger partial charge in [0.15, 0.2) is 10.9 Å². The zero-order valence-electron chi connectivity index (χ0n) is 14.3. The second kappa shape index (κ2) is 6.20. The smallest absolute Gasteiger partial charge is 0.181 e. The van der Waals surface area contributed by atoms with Crippen LogP contribution >= 0.6 is 22.9 Å². The number of thiazole rings is 1. The van der Waals surface area contributed by atoms with Gasteiger partial charge in [-0.3, -0.25) is 0 Å². The molecule has 3 heterocycles. The number of aromatic nitrogens is 3. The van der Waals surface area contributed by atoms with E-state index in [4.69, 9.17) is 23.1 Å². The molecular formula is C18H13ClF2N6S. The Kier molecular flexibility index (Phi) is 3.87. The molecule has 0 atom stereocenters. The molecule has 4 N–H and O–H groups in total. The average molecular weight is 419 g/mol. The second-order valence-electron chi connectivity index (χ2n) is 6.63. The summed E-state index contributed by atoms with van der Waals surface area (Å²) in [5.41, 5.74) is 12.4. The maximum atomic E-state index is 15.5. The molecule has 1 aliphatic rings. The van der Waals surface area contributed by atoms with Crippen molar-refractivity contribution in [3.8, 4) is 11.1 Å². The van der Waals surface area contributed by atoms with Crippen LogP contribution < -0.4 is 16.4 Å². The number of anilines is 2. The first-order chi connectivity index (χ1) is 13.4. The topological polar surface area (TPSA) is 94.0 Å². The van der Waals surface area contributed by atoms with Gasteiger partial charge in [-0.2, -0.15) is 0 Å². The van der Waals surface area contributed by atoms with Crippen molar-refractivity contribution >= 4 is 55.0 Å². The van der Waals surface area contributed by atoms with Gasteiger partial charge in [-0.1, -0.05) is 22.9 Å². The molecule has 142 valence electrons. The fourth-order valence-corrected chi connectivity index (χ4v) is 4.55. The van der Waals surface area contributed by atoms with Gasteiger partial charge in [0.05, 0.1) is 15.2 Å². The van der Waals surface area contributed by atoms with E-state index in [2.05, 4.69) is 15.0 Å². The first kappa shape index (κ1) is 17.5. The van der Waals surface area contributed by atoms with Gasteiger partial charge in [-0.25, -0.2) is 23.7 Å². The van der Waals surface area contributed by atoms with Crippen molar-refractivity contribution in [2.75, 3.05) is 23.7 Å². The molecule has 0 saturated carbocycles. The lowest BCUT2D eigenvalue weighted by molar-refractivity contribution is 0.516. The molecule has 0 bridgehead atoms. The van der Waals surface area contributed by atoms with E-state index in [9.17, 15) is 4.39 Å². The summed E-state index contributed by atoms with van der Waals surface area (Å²) < 4.78 is 29.9. The van der Waals surface area contributed by atoms with Gasteiger partial charge in [0, 0.05) is 35.6 Å². The van der Waals surface area contributed by atoms with Crippen molar-refractivity contribution < 1.29 is 8.78 Å². The molecule has 5 rings (SSSR count). The van der Waals surface area contributed by atoms with Crippen LogP contribution in [0.1, 0.15) is 0 Å². The summed E-state index contributed by atoms with van der Waals surface area (Å²) in [6.07, 6.45) is 1.31. The molecule has 6 nitrogen and oxygen atoms in total. The van der Waals surface area contributed by atoms with Crippen LogP contribution in [0.25, 0.3) is 32.2 Å². The summed E-state index contributed by atoms with van der Waals surface area (Å²) in [6.45, 7) is 1.26. The number of nitrogens with zero attached hydrogens (tertiary/aromatic N) is 4. The normalized spacial score (nSPS) is 14.8. The van der Waals surface area contributed by atoms with Gasteiger partial charge < -0.3 is 16.4 Å². The van der Waals surface area contributed by atoms with Crippen LogP contribution in [-0.4, -0.2) is 34.1 Å². The number of hydrogen-bond acceptors (Lipinski definition) is 7. The highest BCUT2D eigenvalue weighted by Gasteiger charge is 2.28. The highest BCUT2D eigenvalue weighted by atomic mass is 35.5. The van der Waals surface area contributed by atoms with E-state index in [1.807, 2.05) is 4.90 Å². The Bertz CT molecular complexity index is 1250. The molecule has 28 heavy (non-hydrogen) atoms. The Morgan fingerprint density at radius 1 is 1.18 bits per heavy atom. The highest BCUT2D eigenvalue weighted by Crippen LogP contribution is 2.42. The minimum atomic E-state index is -0.615. The number of nitrogen functional groups attached to an aromatic ring is 1. The Hall–Kier alpha value is -2.62. The SMILES string of the molecule is Nc1nc2c(-c3c(Cl)cc4c(N5CC(N)C5)ncnc4c3F)ccc(F)c2s1.